The van der Waals surface area contributed by atoms with E-state index in [0.717, 1.165) is 10.0 Å². The molecule has 0 saturated heterocycles. The molecule has 6 heteroatoms. The molecule has 1 N–H and O–H groups in total. The van der Waals surface area contributed by atoms with Crippen molar-refractivity contribution in [1.82, 2.24) is 0 Å². The van der Waals surface area contributed by atoms with Gasteiger partial charge < -0.3 is 14.5 Å². The van der Waals surface area contributed by atoms with Crippen molar-refractivity contribution >= 4 is 38.3 Å². The number of amides is 1. The maximum atomic E-state index is 12.4. The number of aryl methyl sites for hydroxylation is 1. The molecule has 3 aromatic rings. The second-order valence-electron chi connectivity index (χ2n) is 5.27. The highest BCUT2D eigenvalue weighted by Gasteiger charge is 2.13. The van der Waals surface area contributed by atoms with Gasteiger partial charge in [0.1, 0.15) is 5.75 Å². The van der Waals surface area contributed by atoms with E-state index in [9.17, 15) is 9.59 Å². The first-order valence-corrected chi connectivity index (χ1v) is 7.96. The fourth-order valence-corrected chi connectivity index (χ4v) is 2.65. The van der Waals surface area contributed by atoms with Gasteiger partial charge in [0.2, 0.25) is 0 Å². The van der Waals surface area contributed by atoms with Gasteiger partial charge in [-0.25, -0.2) is 4.79 Å². The van der Waals surface area contributed by atoms with Crippen LogP contribution < -0.4 is 15.7 Å². The molecule has 0 bridgehead atoms. The summed E-state index contributed by atoms with van der Waals surface area (Å²) in [7, 11) is 1.54. The minimum absolute atomic E-state index is 0.0579. The fraction of sp³-hybridized carbons (Fsp3) is 0.111. The van der Waals surface area contributed by atoms with Crippen molar-refractivity contribution in [3.05, 3.63) is 68.7 Å². The van der Waals surface area contributed by atoms with Gasteiger partial charge in [-0.15, -0.1) is 0 Å². The van der Waals surface area contributed by atoms with Gasteiger partial charge in [0.25, 0.3) is 5.91 Å². The molecular weight excluding hydrogens is 374 g/mol. The summed E-state index contributed by atoms with van der Waals surface area (Å²) in [4.78, 5) is 24.4. The van der Waals surface area contributed by atoms with Crippen LogP contribution in [-0.2, 0) is 0 Å². The Morgan fingerprint density at radius 3 is 2.67 bits per heavy atom. The molecule has 0 unspecified atom stereocenters. The standard InChI is InChI=1S/C18H14BrNO4/c1-10-3-4-12(9-15(10)19)20-17(21)16-8-11-7-13(23-2)5-6-14(11)18(22)24-16/h3-9H,1-2H3,(H,20,21). The molecule has 0 aliphatic carbocycles. The van der Waals surface area contributed by atoms with Crippen molar-refractivity contribution in [2.24, 2.45) is 0 Å². The highest BCUT2D eigenvalue weighted by molar-refractivity contribution is 9.10. The molecule has 0 radical (unpaired) electrons. The van der Waals surface area contributed by atoms with Crippen LogP contribution >= 0.6 is 15.9 Å². The number of anilines is 1. The monoisotopic (exact) mass is 387 g/mol. The van der Waals surface area contributed by atoms with Crippen LogP contribution in [0.4, 0.5) is 5.69 Å². The third-order valence-electron chi connectivity index (χ3n) is 3.62. The summed E-state index contributed by atoms with van der Waals surface area (Å²) >= 11 is 3.41. The van der Waals surface area contributed by atoms with E-state index in [0.29, 0.717) is 22.2 Å². The second-order valence-corrected chi connectivity index (χ2v) is 6.12. The van der Waals surface area contributed by atoms with Gasteiger partial charge in [-0.2, -0.15) is 0 Å². The molecule has 0 saturated carbocycles. The molecule has 3 rings (SSSR count). The summed E-state index contributed by atoms with van der Waals surface area (Å²) in [6.45, 7) is 1.95. The van der Waals surface area contributed by atoms with Crippen molar-refractivity contribution in [1.29, 1.82) is 0 Å². The van der Waals surface area contributed by atoms with Crippen molar-refractivity contribution in [2.75, 3.05) is 12.4 Å². The SMILES string of the molecule is COc1ccc2c(=O)oc(C(=O)Nc3ccc(C)c(Br)c3)cc2c1. The van der Waals surface area contributed by atoms with Gasteiger partial charge in [-0.3, -0.25) is 4.79 Å². The maximum Gasteiger partial charge on any atom is 0.344 e. The zero-order chi connectivity index (χ0) is 17.3. The number of nitrogens with one attached hydrogen (secondary N) is 1. The maximum absolute atomic E-state index is 12.4. The summed E-state index contributed by atoms with van der Waals surface area (Å²) in [5.41, 5.74) is 1.09. The average Bonchev–Trinajstić information content (AvgIpc) is 2.57. The topological polar surface area (TPSA) is 68.5 Å². The highest BCUT2D eigenvalue weighted by atomic mass is 79.9. The van der Waals surface area contributed by atoms with E-state index in [1.165, 1.54) is 13.2 Å². The number of hydrogen-bond acceptors (Lipinski definition) is 4. The van der Waals surface area contributed by atoms with Crippen LogP contribution in [0.1, 0.15) is 16.1 Å². The highest BCUT2D eigenvalue weighted by Crippen LogP contribution is 2.22. The minimum atomic E-state index is -0.564. The Morgan fingerprint density at radius 1 is 1.17 bits per heavy atom. The number of rotatable bonds is 3. The predicted octanol–water partition coefficient (Wildman–Crippen LogP) is 4.12. The van der Waals surface area contributed by atoms with Crippen LogP contribution in [-0.4, -0.2) is 13.0 Å². The van der Waals surface area contributed by atoms with E-state index in [1.807, 2.05) is 13.0 Å². The second kappa shape index (κ2) is 6.49. The van der Waals surface area contributed by atoms with Gasteiger partial charge in [0, 0.05) is 10.2 Å². The number of halogens is 1. The predicted molar refractivity (Wildman–Crippen MR) is 95.9 cm³/mol. The molecule has 1 aromatic heterocycles. The van der Waals surface area contributed by atoms with E-state index >= 15 is 0 Å². The first kappa shape index (κ1) is 16.3. The largest absolute Gasteiger partial charge is 0.497 e. The quantitative estimate of drug-likeness (QED) is 0.733. The lowest BCUT2D eigenvalue weighted by Crippen LogP contribution is -2.15. The number of hydrogen-bond donors (Lipinski definition) is 1. The molecule has 0 fully saturated rings. The number of benzene rings is 2. The van der Waals surface area contributed by atoms with Crippen LogP contribution in [0.5, 0.6) is 5.75 Å². The van der Waals surface area contributed by atoms with Crippen LogP contribution in [0.2, 0.25) is 0 Å². The molecule has 2 aromatic carbocycles. The Morgan fingerprint density at radius 2 is 1.96 bits per heavy atom. The van der Waals surface area contributed by atoms with Gasteiger partial charge in [0.05, 0.1) is 12.5 Å². The molecule has 0 aliphatic rings. The zero-order valence-corrected chi connectivity index (χ0v) is 14.6. The lowest BCUT2D eigenvalue weighted by atomic mass is 10.1. The van der Waals surface area contributed by atoms with Gasteiger partial charge in [0.15, 0.2) is 5.76 Å². The normalized spacial score (nSPS) is 10.6. The summed E-state index contributed by atoms with van der Waals surface area (Å²) in [5, 5.41) is 3.69. The molecule has 24 heavy (non-hydrogen) atoms. The van der Waals surface area contributed by atoms with Gasteiger partial charge >= 0.3 is 5.63 Å². The zero-order valence-electron chi connectivity index (χ0n) is 13.1. The Kier molecular flexibility index (Phi) is 4.40. The van der Waals surface area contributed by atoms with Crippen molar-refractivity contribution < 1.29 is 13.9 Å². The Balaban J connectivity index is 1.97. The first-order chi connectivity index (χ1) is 11.5. The Labute approximate surface area is 146 Å². The molecule has 0 spiro atoms. The molecule has 122 valence electrons. The molecule has 0 atom stereocenters. The number of fused-ring (bicyclic) bond motifs is 1. The lowest BCUT2D eigenvalue weighted by molar-refractivity contribution is 0.0993. The smallest absolute Gasteiger partial charge is 0.344 e. The summed E-state index contributed by atoms with van der Waals surface area (Å²) < 4.78 is 11.2. The Hall–Kier alpha value is -2.60. The van der Waals surface area contributed by atoms with Gasteiger partial charge in [-0.1, -0.05) is 22.0 Å². The molecule has 5 nitrogen and oxygen atoms in total. The Bertz CT molecular complexity index is 994. The van der Waals surface area contributed by atoms with Crippen molar-refractivity contribution in [3.8, 4) is 5.75 Å². The minimum Gasteiger partial charge on any atom is -0.497 e. The van der Waals surface area contributed by atoms with E-state index in [2.05, 4.69) is 21.2 Å². The number of carbonyl (C=O) groups is 1. The van der Waals surface area contributed by atoms with Gasteiger partial charge in [-0.05, 0) is 54.3 Å². The number of methoxy groups -OCH3 is 1. The van der Waals surface area contributed by atoms with Crippen LogP contribution in [0, 0.1) is 6.92 Å². The summed E-state index contributed by atoms with van der Waals surface area (Å²) in [6.07, 6.45) is 0. The molecular formula is C18H14BrNO4. The van der Waals surface area contributed by atoms with Crippen LogP contribution in [0.25, 0.3) is 10.8 Å². The lowest BCUT2D eigenvalue weighted by Gasteiger charge is -2.07. The average molecular weight is 388 g/mol. The van der Waals surface area contributed by atoms with Crippen LogP contribution in [0.3, 0.4) is 0 Å². The first-order valence-electron chi connectivity index (χ1n) is 7.17. The van der Waals surface area contributed by atoms with Crippen LogP contribution in [0.15, 0.2) is 56.1 Å². The third kappa shape index (κ3) is 3.19. The summed E-state index contributed by atoms with van der Waals surface area (Å²) in [6, 6.07) is 11.9. The molecule has 0 aliphatic heterocycles. The van der Waals surface area contributed by atoms with Crippen molar-refractivity contribution in [3.63, 3.8) is 0 Å². The van der Waals surface area contributed by atoms with E-state index in [-0.39, 0.29) is 5.76 Å². The third-order valence-corrected chi connectivity index (χ3v) is 4.48. The molecule has 1 heterocycles. The van der Waals surface area contributed by atoms with E-state index in [1.54, 1.807) is 30.3 Å². The number of ether oxygens (including phenoxy) is 1. The summed E-state index contributed by atoms with van der Waals surface area (Å²) in [5.74, 6) is 0.0481. The fourth-order valence-electron chi connectivity index (χ4n) is 2.27. The van der Waals surface area contributed by atoms with E-state index < -0.39 is 11.5 Å². The number of carbonyl (C=O) groups excluding carboxylic acids is 1. The van der Waals surface area contributed by atoms with E-state index in [4.69, 9.17) is 9.15 Å². The molecule has 1 amide bonds. The van der Waals surface area contributed by atoms with Crippen molar-refractivity contribution in [2.45, 2.75) is 6.92 Å².